The zero-order chi connectivity index (χ0) is 16.6. The largest absolute Gasteiger partial charge is 0.480 e. The van der Waals surface area contributed by atoms with Crippen molar-refractivity contribution in [2.75, 3.05) is 11.9 Å². The summed E-state index contributed by atoms with van der Waals surface area (Å²) in [5, 5.41) is 12.5. The standard InChI is InChI=1S/C18H21NO4/c1-10(2)9-23-18(22)11-6-7-15-14(8-11)12-4-3-5-13(12)16(19-15)17(20)21/h3-4,6-8,10,12-13,16,19H,5,9H2,1-2H3,(H,20,21)/t12-,13-,16+/m1/s1. The summed E-state index contributed by atoms with van der Waals surface area (Å²) in [4.78, 5) is 23.6. The number of aliphatic carboxylic acids is 1. The molecule has 122 valence electrons. The van der Waals surface area contributed by atoms with Gasteiger partial charge in [0.1, 0.15) is 6.04 Å². The number of hydrogen-bond donors (Lipinski definition) is 2. The van der Waals surface area contributed by atoms with Crippen LogP contribution in [0.4, 0.5) is 5.69 Å². The molecular weight excluding hydrogens is 294 g/mol. The van der Waals surface area contributed by atoms with Gasteiger partial charge in [0.05, 0.1) is 12.2 Å². The minimum Gasteiger partial charge on any atom is -0.480 e. The first-order valence-electron chi connectivity index (χ1n) is 7.94. The molecule has 1 aromatic rings. The Morgan fingerprint density at radius 1 is 1.39 bits per heavy atom. The molecule has 2 N–H and O–H groups in total. The van der Waals surface area contributed by atoms with E-state index in [1.807, 2.05) is 32.1 Å². The highest BCUT2D eigenvalue weighted by Gasteiger charge is 2.40. The zero-order valence-corrected chi connectivity index (χ0v) is 13.3. The van der Waals surface area contributed by atoms with Gasteiger partial charge in [0.2, 0.25) is 0 Å². The van der Waals surface area contributed by atoms with Gasteiger partial charge in [0, 0.05) is 17.5 Å². The Balaban J connectivity index is 1.88. The monoisotopic (exact) mass is 315 g/mol. The molecule has 0 radical (unpaired) electrons. The average Bonchev–Trinajstić information content (AvgIpc) is 3.00. The van der Waals surface area contributed by atoms with E-state index < -0.39 is 12.0 Å². The van der Waals surface area contributed by atoms with Crippen molar-refractivity contribution in [1.82, 2.24) is 0 Å². The lowest BCUT2D eigenvalue weighted by Crippen LogP contribution is -2.41. The molecule has 23 heavy (non-hydrogen) atoms. The molecule has 3 atom stereocenters. The van der Waals surface area contributed by atoms with E-state index in [4.69, 9.17) is 4.74 Å². The average molecular weight is 315 g/mol. The van der Waals surface area contributed by atoms with E-state index in [1.54, 1.807) is 12.1 Å². The van der Waals surface area contributed by atoms with E-state index in [1.165, 1.54) is 0 Å². The van der Waals surface area contributed by atoms with Crippen LogP contribution in [0.25, 0.3) is 0 Å². The Labute approximate surface area is 135 Å². The summed E-state index contributed by atoms with van der Waals surface area (Å²) in [6, 6.07) is 4.70. The van der Waals surface area contributed by atoms with E-state index in [2.05, 4.69) is 5.32 Å². The summed E-state index contributed by atoms with van der Waals surface area (Å²) >= 11 is 0. The van der Waals surface area contributed by atoms with Crippen molar-refractivity contribution >= 4 is 17.6 Å². The molecule has 0 saturated heterocycles. The fourth-order valence-electron chi connectivity index (χ4n) is 3.29. The predicted molar refractivity (Wildman–Crippen MR) is 86.6 cm³/mol. The Morgan fingerprint density at radius 3 is 2.87 bits per heavy atom. The lowest BCUT2D eigenvalue weighted by atomic mass is 9.79. The number of ether oxygens (including phenoxy) is 1. The third-order valence-electron chi connectivity index (χ3n) is 4.41. The molecule has 0 amide bonds. The van der Waals surface area contributed by atoms with Crippen LogP contribution in [0, 0.1) is 11.8 Å². The van der Waals surface area contributed by atoms with Crippen molar-refractivity contribution in [3.05, 3.63) is 41.5 Å². The Bertz CT molecular complexity index is 665. The van der Waals surface area contributed by atoms with Gasteiger partial charge < -0.3 is 15.2 Å². The SMILES string of the molecule is CC(C)COC(=O)c1ccc2c(c1)[C@@H]1C=CC[C@H]1[C@@H](C(=O)O)N2. The molecule has 1 aliphatic carbocycles. The van der Waals surface area contributed by atoms with E-state index in [0.29, 0.717) is 12.2 Å². The van der Waals surface area contributed by atoms with Gasteiger partial charge in [-0.2, -0.15) is 0 Å². The number of carbonyl (C=O) groups excluding carboxylic acids is 1. The number of anilines is 1. The number of rotatable bonds is 4. The summed E-state index contributed by atoms with van der Waals surface area (Å²) < 4.78 is 5.28. The Hall–Kier alpha value is -2.30. The number of nitrogens with one attached hydrogen (secondary N) is 1. The molecule has 0 bridgehead atoms. The first-order valence-corrected chi connectivity index (χ1v) is 7.94. The van der Waals surface area contributed by atoms with Gasteiger partial charge in [-0.1, -0.05) is 26.0 Å². The highest BCUT2D eigenvalue weighted by Crippen LogP contribution is 2.44. The second-order valence-electron chi connectivity index (χ2n) is 6.61. The summed E-state index contributed by atoms with van der Waals surface area (Å²) in [6.07, 6.45) is 4.80. The quantitative estimate of drug-likeness (QED) is 0.660. The lowest BCUT2D eigenvalue weighted by Gasteiger charge is -2.34. The van der Waals surface area contributed by atoms with Crippen molar-refractivity contribution in [1.29, 1.82) is 0 Å². The van der Waals surface area contributed by atoms with Crippen molar-refractivity contribution in [2.24, 2.45) is 11.8 Å². The molecule has 1 aliphatic heterocycles. The first kappa shape index (κ1) is 15.6. The fraction of sp³-hybridized carbons (Fsp3) is 0.444. The van der Waals surface area contributed by atoms with Gasteiger partial charge >= 0.3 is 11.9 Å². The van der Waals surface area contributed by atoms with Crippen LogP contribution in [0.1, 0.15) is 42.1 Å². The molecule has 0 saturated carbocycles. The van der Waals surface area contributed by atoms with Crippen molar-refractivity contribution in [3.8, 4) is 0 Å². The maximum atomic E-state index is 12.1. The molecule has 1 aromatic carbocycles. The van der Waals surface area contributed by atoms with Crippen LogP contribution >= 0.6 is 0 Å². The highest BCUT2D eigenvalue weighted by molar-refractivity contribution is 5.91. The van der Waals surface area contributed by atoms with Gasteiger partial charge in [-0.15, -0.1) is 0 Å². The fourth-order valence-corrected chi connectivity index (χ4v) is 3.29. The second-order valence-corrected chi connectivity index (χ2v) is 6.61. The number of allylic oxidation sites excluding steroid dienone is 2. The summed E-state index contributed by atoms with van der Waals surface area (Å²) in [5.74, 6) is -0.862. The third-order valence-corrected chi connectivity index (χ3v) is 4.41. The topological polar surface area (TPSA) is 75.6 Å². The van der Waals surface area contributed by atoms with E-state index in [0.717, 1.165) is 17.7 Å². The molecule has 1 heterocycles. The first-order chi connectivity index (χ1) is 11.0. The number of carbonyl (C=O) groups is 2. The number of fused-ring (bicyclic) bond motifs is 3. The molecule has 5 heteroatoms. The number of esters is 1. The van der Waals surface area contributed by atoms with E-state index in [9.17, 15) is 14.7 Å². The molecule has 5 nitrogen and oxygen atoms in total. The van der Waals surface area contributed by atoms with Gasteiger partial charge in [-0.3, -0.25) is 0 Å². The molecule has 3 rings (SSSR count). The van der Waals surface area contributed by atoms with Gasteiger partial charge in [0.15, 0.2) is 0 Å². The summed E-state index contributed by atoms with van der Waals surface area (Å²) in [5.41, 5.74) is 2.27. The molecule has 0 spiro atoms. The lowest BCUT2D eigenvalue weighted by molar-refractivity contribution is -0.139. The maximum Gasteiger partial charge on any atom is 0.338 e. The Kier molecular flexibility index (Phi) is 4.11. The van der Waals surface area contributed by atoms with Crippen LogP contribution in [0.5, 0.6) is 0 Å². The number of benzene rings is 1. The molecular formula is C18H21NO4. The molecule has 2 aliphatic rings. The van der Waals surface area contributed by atoms with E-state index in [-0.39, 0.29) is 23.7 Å². The van der Waals surface area contributed by atoms with Gasteiger partial charge in [0.25, 0.3) is 0 Å². The van der Waals surface area contributed by atoms with Crippen LogP contribution in [0.3, 0.4) is 0 Å². The molecule has 0 aromatic heterocycles. The third kappa shape index (κ3) is 2.96. The summed E-state index contributed by atoms with van der Waals surface area (Å²) in [6.45, 7) is 4.37. The van der Waals surface area contributed by atoms with Crippen LogP contribution in [-0.2, 0) is 9.53 Å². The van der Waals surface area contributed by atoms with Crippen LogP contribution in [0.2, 0.25) is 0 Å². The van der Waals surface area contributed by atoms with Gasteiger partial charge in [-0.05, 0) is 36.1 Å². The molecule has 0 fully saturated rings. The van der Waals surface area contributed by atoms with E-state index >= 15 is 0 Å². The Morgan fingerprint density at radius 2 is 2.17 bits per heavy atom. The van der Waals surface area contributed by atoms with Crippen molar-refractivity contribution in [2.45, 2.75) is 32.2 Å². The molecule has 0 unspecified atom stereocenters. The van der Waals surface area contributed by atoms with Crippen LogP contribution < -0.4 is 5.32 Å². The van der Waals surface area contributed by atoms with Gasteiger partial charge in [-0.25, -0.2) is 9.59 Å². The predicted octanol–water partition coefficient (Wildman–Crippen LogP) is 3.04. The highest BCUT2D eigenvalue weighted by atomic mass is 16.5. The normalized spacial score (nSPS) is 24.7. The van der Waals surface area contributed by atoms with Crippen molar-refractivity contribution in [3.63, 3.8) is 0 Å². The number of carboxylic acids is 1. The maximum absolute atomic E-state index is 12.1. The summed E-state index contributed by atoms with van der Waals surface area (Å²) in [7, 11) is 0. The smallest absolute Gasteiger partial charge is 0.338 e. The van der Waals surface area contributed by atoms with Crippen LogP contribution in [0.15, 0.2) is 30.4 Å². The van der Waals surface area contributed by atoms with Crippen molar-refractivity contribution < 1.29 is 19.4 Å². The number of hydrogen-bond acceptors (Lipinski definition) is 4. The minimum atomic E-state index is -0.838. The minimum absolute atomic E-state index is 0.0121. The zero-order valence-electron chi connectivity index (χ0n) is 13.3. The second kappa shape index (κ2) is 6.07. The van der Waals surface area contributed by atoms with Crippen LogP contribution in [-0.4, -0.2) is 29.7 Å². The number of carboxylic acid groups (broad SMARTS) is 1.